The summed E-state index contributed by atoms with van der Waals surface area (Å²) >= 11 is 0. The normalized spacial score (nSPS) is 17.4. The first-order valence-corrected chi connectivity index (χ1v) is 8.14. The van der Waals surface area contributed by atoms with Crippen molar-refractivity contribution in [1.82, 2.24) is 5.32 Å². The average Bonchev–Trinajstić information content (AvgIpc) is 3.34. The van der Waals surface area contributed by atoms with Gasteiger partial charge in [0.05, 0.1) is 0 Å². The molecule has 1 saturated carbocycles. The van der Waals surface area contributed by atoms with E-state index in [1.165, 1.54) is 30.4 Å². The highest BCUT2D eigenvalue weighted by Crippen LogP contribution is 2.48. The van der Waals surface area contributed by atoms with Crippen molar-refractivity contribution in [1.29, 1.82) is 0 Å². The van der Waals surface area contributed by atoms with E-state index >= 15 is 0 Å². The maximum absolute atomic E-state index is 3.84. The minimum atomic E-state index is 0.414. The lowest BCUT2D eigenvalue weighted by molar-refractivity contribution is 0.402. The molecule has 0 aliphatic heterocycles. The molecule has 0 aromatic heterocycles. The van der Waals surface area contributed by atoms with Crippen molar-refractivity contribution in [3.05, 3.63) is 71.8 Å². The first-order chi connectivity index (χ1) is 10.3. The monoisotopic (exact) mass is 279 g/mol. The van der Waals surface area contributed by atoms with Gasteiger partial charge in [-0.25, -0.2) is 0 Å². The highest BCUT2D eigenvalue weighted by molar-refractivity contribution is 5.24. The molecule has 1 aliphatic rings. The number of benzene rings is 2. The first-order valence-electron chi connectivity index (χ1n) is 8.14. The van der Waals surface area contributed by atoms with Crippen molar-refractivity contribution in [2.24, 2.45) is 5.41 Å². The van der Waals surface area contributed by atoms with Crippen LogP contribution in [0.3, 0.4) is 0 Å². The zero-order valence-corrected chi connectivity index (χ0v) is 12.9. The smallest absolute Gasteiger partial charge is 0.0361 e. The summed E-state index contributed by atoms with van der Waals surface area (Å²) in [6.07, 6.45) is 5.14. The number of hydrogen-bond acceptors (Lipinski definition) is 1. The van der Waals surface area contributed by atoms with Gasteiger partial charge in [0.25, 0.3) is 0 Å². The van der Waals surface area contributed by atoms with E-state index in [4.69, 9.17) is 0 Å². The highest BCUT2D eigenvalue weighted by atomic mass is 14.9. The number of rotatable bonds is 7. The van der Waals surface area contributed by atoms with Gasteiger partial charge in [-0.05, 0) is 42.2 Å². The summed E-state index contributed by atoms with van der Waals surface area (Å²) < 4.78 is 0. The molecule has 0 bridgehead atoms. The van der Waals surface area contributed by atoms with Gasteiger partial charge in [-0.2, -0.15) is 0 Å². The van der Waals surface area contributed by atoms with Crippen LogP contribution in [0, 0.1) is 5.41 Å². The molecule has 2 aromatic carbocycles. The van der Waals surface area contributed by atoms with E-state index in [-0.39, 0.29) is 0 Å². The van der Waals surface area contributed by atoms with Crippen LogP contribution in [0.25, 0.3) is 0 Å². The lowest BCUT2D eigenvalue weighted by Crippen LogP contribution is -2.29. The van der Waals surface area contributed by atoms with E-state index in [9.17, 15) is 0 Å². The van der Waals surface area contributed by atoms with Crippen LogP contribution in [0.5, 0.6) is 0 Å². The molecule has 0 amide bonds. The van der Waals surface area contributed by atoms with Crippen LogP contribution in [-0.2, 0) is 6.42 Å². The molecule has 0 saturated heterocycles. The van der Waals surface area contributed by atoms with Gasteiger partial charge >= 0.3 is 0 Å². The van der Waals surface area contributed by atoms with Crippen LogP contribution in [0.2, 0.25) is 0 Å². The second kappa shape index (κ2) is 6.44. The quantitative estimate of drug-likeness (QED) is 0.771. The van der Waals surface area contributed by atoms with Crippen LogP contribution in [0.15, 0.2) is 60.7 Å². The molecule has 3 rings (SSSR count). The Kier molecular flexibility index (Phi) is 4.40. The first kappa shape index (κ1) is 14.3. The molecule has 1 aliphatic carbocycles. The van der Waals surface area contributed by atoms with E-state index < -0.39 is 0 Å². The van der Waals surface area contributed by atoms with Gasteiger partial charge in [0, 0.05) is 12.6 Å². The average molecular weight is 279 g/mol. The molecule has 0 spiro atoms. The fourth-order valence-corrected chi connectivity index (χ4v) is 3.01. The van der Waals surface area contributed by atoms with Crippen molar-refractivity contribution >= 4 is 0 Å². The lowest BCUT2D eigenvalue weighted by Gasteiger charge is -2.23. The maximum atomic E-state index is 3.84. The number of nitrogens with one attached hydrogen (secondary N) is 1. The predicted octanol–water partition coefficient (Wildman–Crippen LogP) is 4.75. The fourth-order valence-electron chi connectivity index (χ4n) is 3.01. The molecule has 0 heterocycles. The Balaban J connectivity index is 1.71. The van der Waals surface area contributed by atoms with Crippen molar-refractivity contribution < 1.29 is 0 Å². The summed E-state index contributed by atoms with van der Waals surface area (Å²) in [5.74, 6) is 0. The zero-order chi connectivity index (χ0) is 14.5. The van der Waals surface area contributed by atoms with E-state index in [0.717, 1.165) is 13.0 Å². The molecule has 2 aromatic rings. The molecule has 1 unspecified atom stereocenters. The molecule has 21 heavy (non-hydrogen) atoms. The van der Waals surface area contributed by atoms with Gasteiger partial charge in [0.15, 0.2) is 0 Å². The third-order valence-electron chi connectivity index (χ3n) is 4.92. The highest BCUT2D eigenvalue weighted by Gasteiger charge is 2.40. The van der Waals surface area contributed by atoms with Gasteiger partial charge in [-0.1, -0.05) is 67.6 Å². The summed E-state index contributed by atoms with van der Waals surface area (Å²) in [7, 11) is 0. The lowest BCUT2D eigenvalue weighted by atomic mass is 9.97. The minimum Gasteiger partial charge on any atom is -0.309 e. The van der Waals surface area contributed by atoms with E-state index in [1.807, 2.05) is 0 Å². The Bertz CT molecular complexity index is 543. The summed E-state index contributed by atoms with van der Waals surface area (Å²) in [5.41, 5.74) is 3.39. The third-order valence-corrected chi connectivity index (χ3v) is 4.92. The van der Waals surface area contributed by atoms with Gasteiger partial charge in [0.1, 0.15) is 0 Å². The molecule has 0 radical (unpaired) electrons. The second-order valence-electron chi connectivity index (χ2n) is 6.39. The van der Waals surface area contributed by atoms with Gasteiger partial charge < -0.3 is 5.32 Å². The van der Waals surface area contributed by atoms with Crippen LogP contribution < -0.4 is 5.32 Å². The Morgan fingerprint density at radius 1 is 0.952 bits per heavy atom. The molecule has 1 heteroatoms. The zero-order valence-electron chi connectivity index (χ0n) is 12.9. The van der Waals surface area contributed by atoms with Gasteiger partial charge in [0.2, 0.25) is 0 Å². The molecule has 1 nitrogen and oxygen atoms in total. The predicted molar refractivity (Wildman–Crippen MR) is 89.3 cm³/mol. The van der Waals surface area contributed by atoms with E-state index in [2.05, 4.69) is 72.9 Å². The summed E-state index contributed by atoms with van der Waals surface area (Å²) in [6, 6.07) is 22.1. The molecule has 1 fully saturated rings. The second-order valence-corrected chi connectivity index (χ2v) is 6.39. The van der Waals surface area contributed by atoms with Crippen LogP contribution in [0.4, 0.5) is 0 Å². The maximum Gasteiger partial charge on any atom is 0.0361 e. The standard InChI is InChI=1S/C20H25N/c1-2-20(13-14-20)16-21-19(18-11-7-4-8-12-18)15-17-9-5-3-6-10-17/h3-12,19,21H,2,13-16H2,1H3. The molecule has 1 N–H and O–H groups in total. The van der Waals surface area contributed by atoms with Crippen LogP contribution in [-0.4, -0.2) is 6.54 Å². The number of hydrogen-bond donors (Lipinski definition) is 1. The fraction of sp³-hybridized carbons (Fsp3) is 0.400. The Labute approximate surface area is 128 Å². The van der Waals surface area contributed by atoms with Gasteiger partial charge in [-0.15, -0.1) is 0 Å². The Morgan fingerprint density at radius 2 is 1.57 bits per heavy atom. The van der Waals surface area contributed by atoms with Crippen molar-refractivity contribution in [2.75, 3.05) is 6.54 Å². The van der Waals surface area contributed by atoms with Crippen LogP contribution >= 0.6 is 0 Å². The summed E-state index contributed by atoms with van der Waals surface area (Å²) in [5, 5.41) is 3.84. The van der Waals surface area contributed by atoms with Gasteiger partial charge in [-0.3, -0.25) is 0 Å². The van der Waals surface area contributed by atoms with E-state index in [1.54, 1.807) is 0 Å². The largest absolute Gasteiger partial charge is 0.309 e. The molecule has 110 valence electrons. The Morgan fingerprint density at radius 3 is 2.14 bits per heavy atom. The molecular formula is C20H25N. The Hall–Kier alpha value is -1.60. The minimum absolute atomic E-state index is 0.414. The van der Waals surface area contributed by atoms with Crippen molar-refractivity contribution in [2.45, 2.75) is 38.6 Å². The van der Waals surface area contributed by atoms with Crippen molar-refractivity contribution in [3.63, 3.8) is 0 Å². The molecular weight excluding hydrogens is 254 g/mol. The SMILES string of the molecule is CCC1(CNC(Cc2ccccc2)c2ccccc2)CC1. The molecule has 1 atom stereocenters. The third kappa shape index (κ3) is 3.74. The van der Waals surface area contributed by atoms with Crippen LogP contribution in [0.1, 0.15) is 43.4 Å². The summed E-state index contributed by atoms with van der Waals surface area (Å²) in [6.45, 7) is 3.47. The summed E-state index contributed by atoms with van der Waals surface area (Å²) in [4.78, 5) is 0. The topological polar surface area (TPSA) is 12.0 Å². The van der Waals surface area contributed by atoms with E-state index in [0.29, 0.717) is 11.5 Å². The van der Waals surface area contributed by atoms with Crippen molar-refractivity contribution in [3.8, 4) is 0 Å².